The first-order valence-corrected chi connectivity index (χ1v) is 8.47. The van der Waals surface area contributed by atoms with Gasteiger partial charge in [-0.3, -0.25) is 9.78 Å². The van der Waals surface area contributed by atoms with Gasteiger partial charge in [0.05, 0.1) is 24.6 Å². The van der Waals surface area contributed by atoms with Crippen LogP contribution >= 0.6 is 0 Å². The van der Waals surface area contributed by atoms with Crippen LogP contribution in [0.3, 0.4) is 0 Å². The lowest BCUT2D eigenvalue weighted by molar-refractivity contribution is -0.132. The van der Waals surface area contributed by atoms with E-state index in [1.807, 2.05) is 48.5 Å². The minimum Gasteiger partial charge on any atom is -0.352 e. The van der Waals surface area contributed by atoms with Gasteiger partial charge in [0.2, 0.25) is 5.91 Å². The molecule has 3 rings (SSSR count). The SMILES string of the molecule is Cc1cc(C)n(-c2cncc(N3CCN(C(=O)CN(C)C)CC3)n2)n1. The third-order valence-corrected chi connectivity index (χ3v) is 4.24. The Kier molecular flexibility index (Phi) is 4.98. The zero-order valence-electron chi connectivity index (χ0n) is 15.3. The van der Waals surface area contributed by atoms with Gasteiger partial charge in [-0.2, -0.15) is 5.10 Å². The fourth-order valence-electron chi connectivity index (χ4n) is 3.02. The van der Waals surface area contributed by atoms with Gasteiger partial charge in [-0.1, -0.05) is 0 Å². The topological polar surface area (TPSA) is 70.4 Å². The number of nitrogens with zero attached hydrogens (tertiary/aromatic N) is 7. The maximum Gasteiger partial charge on any atom is 0.236 e. The molecular weight excluding hydrogens is 318 g/mol. The number of piperazine rings is 1. The molecule has 2 aromatic rings. The Hall–Kier alpha value is -2.48. The van der Waals surface area contributed by atoms with Crippen LogP contribution in [0.25, 0.3) is 5.82 Å². The highest BCUT2D eigenvalue weighted by Gasteiger charge is 2.22. The molecule has 1 aliphatic rings. The van der Waals surface area contributed by atoms with E-state index in [1.165, 1.54) is 0 Å². The number of anilines is 1. The standard InChI is InChI=1S/C17H25N7O/c1-13-9-14(2)24(20-13)16-11-18-10-15(19-16)22-5-7-23(8-6-22)17(25)12-21(3)4/h9-11H,5-8,12H2,1-4H3. The third kappa shape index (κ3) is 3.96. The molecule has 0 aliphatic carbocycles. The summed E-state index contributed by atoms with van der Waals surface area (Å²) >= 11 is 0. The summed E-state index contributed by atoms with van der Waals surface area (Å²) in [5.74, 6) is 1.71. The lowest BCUT2D eigenvalue weighted by Gasteiger charge is -2.35. The Labute approximate surface area is 148 Å². The van der Waals surface area contributed by atoms with Crippen molar-refractivity contribution in [1.82, 2.24) is 29.5 Å². The number of carbonyl (C=O) groups excluding carboxylic acids is 1. The van der Waals surface area contributed by atoms with Crippen LogP contribution in [0.15, 0.2) is 18.5 Å². The summed E-state index contributed by atoms with van der Waals surface area (Å²) < 4.78 is 1.81. The smallest absolute Gasteiger partial charge is 0.236 e. The van der Waals surface area contributed by atoms with E-state index in [1.54, 1.807) is 12.4 Å². The first-order chi connectivity index (χ1) is 11.9. The van der Waals surface area contributed by atoms with E-state index in [-0.39, 0.29) is 5.91 Å². The molecule has 0 saturated carbocycles. The molecular formula is C17H25N7O. The molecule has 25 heavy (non-hydrogen) atoms. The van der Waals surface area contributed by atoms with Gasteiger partial charge in [-0.05, 0) is 34.0 Å². The maximum atomic E-state index is 12.2. The van der Waals surface area contributed by atoms with Crippen molar-refractivity contribution in [1.29, 1.82) is 0 Å². The average molecular weight is 343 g/mol. The van der Waals surface area contributed by atoms with Crippen molar-refractivity contribution in [2.24, 2.45) is 0 Å². The molecule has 0 bridgehead atoms. The summed E-state index contributed by atoms with van der Waals surface area (Å²) in [6, 6.07) is 2.02. The summed E-state index contributed by atoms with van der Waals surface area (Å²) in [6.45, 7) is 7.35. The maximum absolute atomic E-state index is 12.2. The van der Waals surface area contributed by atoms with Crippen molar-refractivity contribution in [3.05, 3.63) is 29.8 Å². The third-order valence-electron chi connectivity index (χ3n) is 4.24. The summed E-state index contributed by atoms with van der Waals surface area (Å²) in [5.41, 5.74) is 1.99. The summed E-state index contributed by atoms with van der Waals surface area (Å²) in [7, 11) is 3.82. The van der Waals surface area contributed by atoms with Crippen LogP contribution in [0.4, 0.5) is 5.82 Å². The molecule has 1 fully saturated rings. The van der Waals surface area contributed by atoms with E-state index in [2.05, 4.69) is 15.0 Å². The van der Waals surface area contributed by atoms with Crippen molar-refractivity contribution in [2.45, 2.75) is 13.8 Å². The van der Waals surface area contributed by atoms with Crippen LogP contribution in [-0.2, 0) is 4.79 Å². The Bertz CT molecular complexity index is 747. The van der Waals surface area contributed by atoms with Crippen LogP contribution in [-0.4, -0.2) is 82.3 Å². The number of aryl methyl sites for hydroxylation is 2. The number of carbonyl (C=O) groups is 1. The first-order valence-electron chi connectivity index (χ1n) is 8.47. The molecule has 3 heterocycles. The molecule has 134 valence electrons. The molecule has 2 aromatic heterocycles. The Morgan fingerprint density at radius 3 is 2.40 bits per heavy atom. The zero-order valence-corrected chi connectivity index (χ0v) is 15.3. The second-order valence-corrected chi connectivity index (χ2v) is 6.68. The van der Waals surface area contributed by atoms with Gasteiger partial charge in [-0.15, -0.1) is 0 Å². The molecule has 0 N–H and O–H groups in total. The minimum atomic E-state index is 0.173. The van der Waals surface area contributed by atoms with E-state index in [9.17, 15) is 4.79 Å². The van der Waals surface area contributed by atoms with Gasteiger partial charge < -0.3 is 14.7 Å². The number of rotatable bonds is 4. The van der Waals surface area contributed by atoms with Crippen molar-refractivity contribution < 1.29 is 4.79 Å². The quantitative estimate of drug-likeness (QED) is 0.805. The molecule has 1 saturated heterocycles. The van der Waals surface area contributed by atoms with Gasteiger partial charge in [0.25, 0.3) is 0 Å². The Balaban J connectivity index is 1.69. The molecule has 0 aromatic carbocycles. The largest absolute Gasteiger partial charge is 0.352 e. The van der Waals surface area contributed by atoms with E-state index >= 15 is 0 Å². The van der Waals surface area contributed by atoms with Crippen LogP contribution in [0.5, 0.6) is 0 Å². The fourth-order valence-corrected chi connectivity index (χ4v) is 3.02. The van der Waals surface area contributed by atoms with E-state index in [0.717, 1.165) is 30.3 Å². The molecule has 0 radical (unpaired) electrons. The molecule has 1 aliphatic heterocycles. The Morgan fingerprint density at radius 2 is 1.80 bits per heavy atom. The second-order valence-electron chi connectivity index (χ2n) is 6.68. The summed E-state index contributed by atoms with van der Waals surface area (Å²) in [4.78, 5) is 27.2. The average Bonchev–Trinajstić information content (AvgIpc) is 2.93. The minimum absolute atomic E-state index is 0.173. The molecule has 0 atom stereocenters. The number of hydrogen-bond acceptors (Lipinski definition) is 6. The van der Waals surface area contributed by atoms with Crippen LogP contribution in [0.2, 0.25) is 0 Å². The normalized spacial score (nSPS) is 15.1. The highest BCUT2D eigenvalue weighted by molar-refractivity contribution is 5.78. The van der Waals surface area contributed by atoms with E-state index < -0.39 is 0 Å². The predicted molar refractivity (Wildman–Crippen MR) is 96.0 cm³/mol. The van der Waals surface area contributed by atoms with Gasteiger partial charge in [0.15, 0.2) is 5.82 Å². The molecule has 8 nitrogen and oxygen atoms in total. The Morgan fingerprint density at radius 1 is 1.12 bits per heavy atom. The van der Waals surface area contributed by atoms with Gasteiger partial charge in [0.1, 0.15) is 5.82 Å². The van der Waals surface area contributed by atoms with Crippen molar-refractivity contribution in [3.63, 3.8) is 0 Å². The summed E-state index contributed by atoms with van der Waals surface area (Å²) in [5, 5.41) is 4.47. The summed E-state index contributed by atoms with van der Waals surface area (Å²) in [6.07, 6.45) is 3.49. The monoisotopic (exact) mass is 343 g/mol. The van der Waals surface area contributed by atoms with E-state index in [4.69, 9.17) is 4.98 Å². The van der Waals surface area contributed by atoms with Gasteiger partial charge in [-0.25, -0.2) is 9.67 Å². The number of aromatic nitrogens is 4. The zero-order chi connectivity index (χ0) is 18.0. The second kappa shape index (κ2) is 7.18. The molecule has 1 amide bonds. The van der Waals surface area contributed by atoms with Gasteiger partial charge >= 0.3 is 0 Å². The van der Waals surface area contributed by atoms with Crippen molar-refractivity contribution in [3.8, 4) is 5.82 Å². The fraction of sp³-hybridized carbons (Fsp3) is 0.529. The van der Waals surface area contributed by atoms with Crippen molar-refractivity contribution in [2.75, 3.05) is 51.7 Å². The van der Waals surface area contributed by atoms with E-state index in [0.29, 0.717) is 25.5 Å². The first kappa shape index (κ1) is 17.3. The van der Waals surface area contributed by atoms with Crippen LogP contribution in [0.1, 0.15) is 11.4 Å². The van der Waals surface area contributed by atoms with Crippen molar-refractivity contribution >= 4 is 11.7 Å². The highest BCUT2D eigenvalue weighted by Crippen LogP contribution is 2.16. The van der Waals surface area contributed by atoms with Crippen LogP contribution < -0.4 is 4.90 Å². The highest BCUT2D eigenvalue weighted by atomic mass is 16.2. The lowest BCUT2D eigenvalue weighted by atomic mass is 10.3. The number of hydrogen-bond donors (Lipinski definition) is 0. The van der Waals surface area contributed by atoms with Gasteiger partial charge in [0, 0.05) is 31.9 Å². The molecule has 8 heteroatoms. The van der Waals surface area contributed by atoms with Crippen LogP contribution in [0, 0.1) is 13.8 Å². The number of amides is 1. The predicted octanol–water partition coefficient (Wildman–Crippen LogP) is 0.489. The number of likely N-dealkylation sites (N-methyl/N-ethyl adjacent to an activating group) is 1. The molecule has 0 unspecified atom stereocenters. The molecule has 0 spiro atoms. The lowest BCUT2D eigenvalue weighted by Crippen LogP contribution is -2.51.